The number of carbonyl (C=O) groups excluding carboxylic acids is 1. The van der Waals surface area contributed by atoms with Crippen LogP contribution in [0.4, 0.5) is 0 Å². The highest BCUT2D eigenvalue weighted by atomic mass is 32.2. The minimum absolute atomic E-state index is 0.0867. The molecular formula is C14H27NO4S. The molecule has 0 saturated heterocycles. The molecule has 1 aliphatic carbocycles. The van der Waals surface area contributed by atoms with Crippen molar-refractivity contribution in [3.63, 3.8) is 0 Å². The summed E-state index contributed by atoms with van der Waals surface area (Å²) in [6.45, 7) is 6.06. The lowest BCUT2D eigenvalue weighted by Crippen LogP contribution is -2.44. The predicted molar refractivity (Wildman–Crippen MR) is 79.3 cm³/mol. The summed E-state index contributed by atoms with van der Waals surface area (Å²) in [5.41, 5.74) is -0.497. The molecule has 1 aliphatic rings. The molecule has 1 fully saturated rings. The van der Waals surface area contributed by atoms with Crippen LogP contribution in [0.2, 0.25) is 0 Å². The van der Waals surface area contributed by atoms with Gasteiger partial charge in [0.1, 0.15) is 0 Å². The first-order chi connectivity index (χ1) is 9.03. The summed E-state index contributed by atoms with van der Waals surface area (Å²) in [5, 5.41) is 3.09. The third-order valence-corrected chi connectivity index (χ3v) is 5.94. The van der Waals surface area contributed by atoms with Crippen LogP contribution in [-0.2, 0) is 19.4 Å². The molecule has 0 aromatic heterocycles. The van der Waals surface area contributed by atoms with Crippen LogP contribution in [0.5, 0.6) is 0 Å². The van der Waals surface area contributed by atoms with Gasteiger partial charge in [-0.25, -0.2) is 8.42 Å². The Kier molecular flexibility index (Phi) is 5.24. The van der Waals surface area contributed by atoms with Crippen molar-refractivity contribution in [3.05, 3.63) is 0 Å². The minimum atomic E-state index is -3.20. The summed E-state index contributed by atoms with van der Waals surface area (Å²) < 4.78 is 29.4. The fourth-order valence-electron chi connectivity index (χ4n) is 2.47. The monoisotopic (exact) mass is 305 g/mol. The molecule has 0 aliphatic heterocycles. The molecular weight excluding hydrogens is 278 g/mol. The average molecular weight is 305 g/mol. The molecule has 0 amide bonds. The largest absolute Gasteiger partial charge is 0.469 e. The van der Waals surface area contributed by atoms with E-state index in [-0.39, 0.29) is 40.8 Å². The summed E-state index contributed by atoms with van der Waals surface area (Å²) in [6.07, 6.45) is 1.80. The summed E-state index contributed by atoms with van der Waals surface area (Å²) >= 11 is 0. The van der Waals surface area contributed by atoms with Crippen LogP contribution >= 0.6 is 0 Å². The van der Waals surface area contributed by atoms with Crippen molar-refractivity contribution in [1.82, 2.24) is 5.32 Å². The van der Waals surface area contributed by atoms with Gasteiger partial charge in [-0.1, -0.05) is 20.8 Å². The minimum Gasteiger partial charge on any atom is -0.469 e. The highest BCUT2D eigenvalue weighted by Gasteiger charge is 2.48. The van der Waals surface area contributed by atoms with Gasteiger partial charge in [0.15, 0.2) is 9.84 Å². The quantitative estimate of drug-likeness (QED) is 0.719. The second-order valence-electron chi connectivity index (χ2n) is 7.01. The van der Waals surface area contributed by atoms with Crippen molar-refractivity contribution in [3.8, 4) is 0 Å². The fourth-order valence-corrected chi connectivity index (χ4v) is 5.09. The zero-order valence-corrected chi connectivity index (χ0v) is 14.0. The van der Waals surface area contributed by atoms with Gasteiger partial charge in [0.05, 0.1) is 25.0 Å². The van der Waals surface area contributed by atoms with Crippen molar-refractivity contribution in [2.45, 2.75) is 46.1 Å². The zero-order chi connectivity index (χ0) is 15.6. The SMILES string of the molecule is CNC(CS(=O)(=O)CC1(CC(=O)OC)CC1)C(C)(C)C. The topological polar surface area (TPSA) is 72.5 Å². The molecule has 1 unspecified atom stereocenters. The maximum absolute atomic E-state index is 12.4. The van der Waals surface area contributed by atoms with E-state index in [1.54, 1.807) is 7.05 Å². The van der Waals surface area contributed by atoms with Gasteiger partial charge in [-0.15, -0.1) is 0 Å². The lowest BCUT2D eigenvalue weighted by atomic mass is 9.88. The maximum atomic E-state index is 12.4. The maximum Gasteiger partial charge on any atom is 0.306 e. The molecule has 0 spiro atoms. The van der Waals surface area contributed by atoms with Crippen LogP contribution in [0, 0.1) is 10.8 Å². The summed E-state index contributed by atoms with van der Waals surface area (Å²) in [5.74, 6) is -0.127. The molecule has 1 atom stereocenters. The molecule has 0 bridgehead atoms. The van der Waals surface area contributed by atoms with E-state index in [0.29, 0.717) is 0 Å². The van der Waals surface area contributed by atoms with E-state index in [1.807, 2.05) is 20.8 Å². The van der Waals surface area contributed by atoms with Crippen LogP contribution in [0.15, 0.2) is 0 Å². The normalized spacial score (nSPS) is 19.4. The highest BCUT2D eigenvalue weighted by molar-refractivity contribution is 7.91. The van der Waals surface area contributed by atoms with Gasteiger partial charge in [-0.3, -0.25) is 4.79 Å². The lowest BCUT2D eigenvalue weighted by molar-refractivity contribution is -0.141. The number of carbonyl (C=O) groups is 1. The van der Waals surface area contributed by atoms with Gasteiger partial charge in [-0.2, -0.15) is 0 Å². The van der Waals surface area contributed by atoms with Gasteiger partial charge < -0.3 is 10.1 Å². The van der Waals surface area contributed by atoms with E-state index >= 15 is 0 Å². The van der Waals surface area contributed by atoms with Crippen molar-refractivity contribution in [2.75, 3.05) is 25.7 Å². The first kappa shape index (κ1) is 17.4. The molecule has 118 valence electrons. The van der Waals surface area contributed by atoms with E-state index < -0.39 is 9.84 Å². The Balaban J connectivity index is 2.69. The molecule has 5 nitrogen and oxygen atoms in total. The summed E-state index contributed by atoms with van der Waals surface area (Å²) in [7, 11) is -0.0740. The van der Waals surface area contributed by atoms with Gasteiger partial charge in [0.2, 0.25) is 0 Å². The molecule has 1 saturated carbocycles. The Hall–Kier alpha value is -0.620. The second kappa shape index (κ2) is 6.02. The van der Waals surface area contributed by atoms with E-state index in [9.17, 15) is 13.2 Å². The van der Waals surface area contributed by atoms with Crippen LogP contribution < -0.4 is 5.32 Å². The number of hydrogen-bond donors (Lipinski definition) is 1. The smallest absolute Gasteiger partial charge is 0.306 e. The fraction of sp³-hybridized carbons (Fsp3) is 0.929. The number of nitrogens with one attached hydrogen (secondary N) is 1. The Morgan fingerprint density at radius 1 is 1.35 bits per heavy atom. The van der Waals surface area contributed by atoms with E-state index in [2.05, 4.69) is 10.1 Å². The van der Waals surface area contributed by atoms with E-state index in [4.69, 9.17) is 0 Å². The first-order valence-corrected chi connectivity index (χ1v) is 8.80. The first-order valence-electron chi connectivity index (χ1n) is 6.98. The van der Waals surface area contributed by atoms with Crippen molar-refractivity contribution in [1.29, 1.82) is 0 Å². The molecule has 6 heteroatoms. The Labute approximate surface area is 122 Å². The van der Waals surface area contributed by atoms with E-state index in [0.717, 1.165) is 12.8 Å². The number of esters is 1. The van der Waals surface area contributed by atoms with Gasteiger partial charge in [0.25, 0.3) is 0 Å². The third kappa shape index (κ3) is 5.05. The molecule has 1 N–H and O–H groups in total. The predicted octanol–water partition coefficient (Wildman–Crippen LogP) is 1.38. The molecule has 1 rings (SSSR count). The number of rotatable bonds is 7. The van der Waals surface area contributed by atoms with Crippen LogP contribution in [0.25, 0.3) is 0 Å². The van der Waals surface area contributed by atoms with Crippen LogP contribution in [0.1, 0.15) is 40.0 Å². The van der Waals surface area contributed by atoms with E-state index in [1.165, 1.54) is 7.11 Å². The average Bonchev–Trinajstić information content (AvgIpc) is 3.02. The van der Waals surface area contributed by atoms with Crippen molar-refractivity contribution < 1.29 is 17.9 Å². The number of ether oxygens (including phenoxy) is 1. The van der Waals surface area contributed by atoms with Gasteiger partial charge in [0, 0.05) is 6.04 Å². The van der Waals surface area contributed by atoms with Crippen molar-refractivity contribution >= 4 is 15.8 Å². The Morgan fingerprint density at radius 3 is 2.25 bits per heavy atom. The van der Waals surface area contributed by atoms with Gasteiger partial charge >= 0.3 is 5.97 Å². The Morgan fingerprint density at radius 2 is 1.90 bits per heavy atom. The molecule has 0 aromatic carbocycles. The molecule has 0 aromatic rings. The number of sulfone groups is 1. The zero-order valence-electron chi connectivity index (χ0n) is 13.2. The number of methoxy groups -OCH3 is 1. The highest BCUT2D eigenvalue weighted by Crippen LogP contribution is 2.50. The third-order valence-electron chi connectivity index (χ3n) is 4.04. The Bertz CT molecular complexity index is 446. The standard InChI is InChI=1S/C14H27NO4S/c1-13(2,3)11(15-4)9-20(17,18)10-14(6-7-14)8-12(16)19-5/h11,15H,6-10H2,1-5H3. The van der Waals surface area contributed by atoms with Crippen molar-refractivity contribution in [2.24, 2.45) is 10.8 Å². The van der Waals surface area contributed by atoms with Gasteiger partial charge in [-0.05, 0) is 30.7 Å². The second-order valence-corrected chi connectivity index (χ2v) is 9.12. The summed E-state index contributed by atoms with van der Waals surface area (Å²) in [4.78, 5) is 11.4. The molecule has 20 heavy (non-hydrogen) atoms. The summed E-state index contributed by atoms with van der Waals surface area (Å²) in [6, 6.07) is -0.0959. The molecule has 0 heterocycles. The number of hydrogen-bond acceptors (Lipinski definition) is 5. The molecule has 0 radical (unpaired) electrons. The van der Waals surface area contributed by atoms with Crippen LogP contribution in [0.3, 0.4) is 0 Å². The van der Waals surface area contributed by atoms with Crippen LogP contribution in [-0.4, -0.2) is 46.1 Å². The lowest BCUT2D eigenvalue weighted by Gasteiger charge is -2.30.